The Labute approximate surface area is 166 Å². The minimum atomic E-state index is -0.396. The van der Waals surface area contributed by atoms with Gasteiger partial charge in [0, 0.05) is 22.8 Å². The van der Waals surface area contributed by atoms with E-state index in [2.05, 4.69) is 21.1 Å². The summed E-state index contributed by atoms with van der Waals surface area (Å²) in [4.78, 5) is 16.0. The number of rotatable bonds is 6. The second kappa shape index (κ2) is 8.84. The van der Waals surface area contributed by atoms with Crippen LogP contribution in [0, 0.1) is 11.3 Å². The molecule has 0 atom stereocenters. The van der Waals surface area contributed by atoms with Crippen molar-refractivity contribution in [2.75, 3.05) is 19.5 Å². The van der Waals surface area contributed by atoms with Crippen LogP contribution in [-0.2, 0) is 4.74 Å². The molecule has 3 aromatic rings. The fourth-order valence-corrected chi connectivity index (χ4v) is 3.22. The fourth-order valence-electron chi connectivity index (χ4n) is 2.43. The summed E-state index contributed by atoms with van der Waals surface area (Å²) in [5.41, 5.74) is 3.31. The third-order valence-corrected chi connectivity index (χ3v) is 4.79. The first kappa shape index (κ1) is 19.1. The monoisotopic (exact) mass is 391 g/mol. The predicted molar refractivity (Wildman–Crippen MR) is 109 cm³/mol. The summed E-state index contributed by atoms with van der Waals surface area (Å²) in [5, 5.41) is 15.1. The molecule has 0 radical (unpaired) electrons. The van der Waals surface area contributed by atoms with Crippen molar-refractivity contribution in [1.82, 2.24) is 4.98 Å². The molecule has 28 heavy (non-hydrogen) atoms. The molecule has 0 aliphatic carbocycles. The molecule has 1 heterocycles. The fraction of sp³-hybridized carbons (Fsp3) is 0.0952. The second-order valence-corrected chi connectivity index (χ2v) is 6.51. The van der Waals surface area contributed by atoms with E-state index in [9.17, 15) is 10.1 Å². The van der Waals surface area contributed by atoms with Crippen LogP contribution in [0.5, 0.6) is 5.75 Å². The molecule has 0 amide bonds. The van der Waals surface area contributed by atoms with Gasteiger partial charge in [-0.15, -0.1) is 11.3 Å². The average Bonchev–Trinajstić information content (AvgIpc) is 3.24. The van der Waals surface area contributed by atoms with E-state index < -0.39 is 5.97 Å². The van der Waals surface area contributed by atoms with Gasteiger partial charge in [0.15, 0.2) is 0 Å². The lowest BCUT2D eigenvalue weighted by Gasteiger charge is -2.03. The Kier molecular flexibility index (Phi) is 6.04. The molecular weight excluding hydrogens is 374 g/mol. The zero-order valence-electron chi connectivity index (χ0n) is 15.3. The lowest BCUT2D eigenvalue weighted by atomic mass is 10.1. The van der Waals surface area contributed by atoms with E-state index in [0.717, 1.165) is 22.7 Å². The van der Waals surface area contributed by atoms with Gasteiger partial charge >= 0.3 is 5.97 Å². The van der Waals surface area contributed by atoms with Gasteiger partial charge in [0.1, 0.15) is 22.4 Å². The summed E-state index contributed by atoms with van der Waals surface area (Å²) in [6.45, 7) is 0. The van der Waals surface area contributed by atoms with Gasteiger partial charge in [-0.05, 0) is 36.4 Å². The number of thiazole rings is 1. The molecule has 6 nitrogen and oxygen atoms in total. The Morgan fingerprint density at radius 3 is 2.68 bits per heavy atom. The van der Waals surface area contributed by atoms with E-state index >= 15 is 0 Å². The van der Waals surface area contributed by atoms with Gasteiger partial charge in [-0.3, -0.25) is 0 Å². The van der Waals surface area contributed by atoms with Gasteiger partial charge in [-0.25, -0.2) is 9.78 Å². The number of hydrogen-bond acceptors (Lipinski definition) is 7. The number of anilines is 1. The minimum Gasteiger partial charge on any atom is -0.497 e. The summed E-state index contributed by atoms with van der Waals surface area (Å²) in [6.07, 6.45) is 1.60. The van der Waals surface area contributed by atoms with Crippen molar-refractivity contribution < 1.29 is 14.3 Å². The quantitative estimate of drug-likeness (QED) is 0.489. The maximum atomic E-state index is 11.5. The number of nitrogens with zero attached hydrogens (tertiary/aromatic N) is 2. The van der Waals surface area contributed by atoms with E-state index in [1.54, 1.807) is 37.6 Å². The van der Waals surface area contributed by atoms with Gasteiger partial charge < -0.3 is 14.8 Å². The number of allylic oxidation sites excluding steroid dienone is 1. The molecule has 0 spiro atoms. The van der Waals surface area contributed by atoms with E-state index in [-0.39, 0.29) is 0 Å². The molecule has 0 unspecified atom stereocenters. The highest BCUT2D eigenvalue weighted by Crippen LogP contribution is 2.28. The lowest BCUT2D eigenvalue weighted by Crippen LogP contribution is -2.00. The molecule has 2 aromatic carbocycles. The number of nitrogens with one attached hydrogen (secondary N) is 1. The molecule has 1 aromatic heterocycles. The zero-order chi connectivity index (χ0) is 19.9. The first-order valence-corrected chi connectivity index (χ1v) is 9.18. The topological polar surface area (TPSA) is 84.2 Å². The Morgan fingerprint density at radius 2 is 2.00 bits per heavy atom. The van der Waals surface area contributed by atoms with Gasteiger partial charge in [0.2, 0.25) is 0 Å². The Morgan fingerprint density at radius 1 is 1.21 bits per heavy atom. The van der Waals surface area contributed by atoms with Gasteiger partial charge in [0.05, 0.1) is 25.5 Å². The lowest BCUT2D eigenvalue weighted by molar-refractivity contribution is 0.0601. The first-order valence-electron chi connectivity index (χ1n) is 8.30. The minimum absolute atomic E-state index is 0.396. The maximum Gasteiger partial charge on any atom is 0.337 e. The predicted octanol–water partition coefficient (Wildman–Crippen LogP) is 4.58. The number of methoxy groups -OCH3 is 2. The third kappa shape index (κ3) is 4.37. The number of ether oxygens (including phenoxy) is 2. The van der Waals surface area contributed by atoms with Crippen molar-refractivity contribution >= 4 is 28.6 Å². The third-order valence-electron chi connectivity index (χ3n) is 3.91. The number of benzene rings is 2. The Balaban J connectivity index is 1.77. The second-order valence-electron chi connectivity index (χ2n) is 5.65. The van der Waals surface area contributed by atoms with Crippen LogP contribution in [-0.4, -0.2) is 25.2 Å². The van der Waals surface area contributed by atoms with Crippen molar-refractivity contribution in [2.24, 2.45) is 0 Å². The maximum absolute atomic E-state index is 11.5. The molecule has 0 fully saturated rings. The van der Waals surface area contributed by atoms with E-state index in [1.807, 2.05) is 29.6 Å². The van der Waals surface area contributed by atoms with E-state index in [4.69, 9.17) is 4.74 Å². The van der Waals surface area contributed by atoms with Crippen LogP contribution in [0.25, 0.3) is 16.8 Å². The summed E-state index contributed by atoms with van der Waals surface area (Å²) in [6, 6.07) is 16.5. The molecule has 0 saturated carbocycles. The van der Waals surface area contributed by atoms with Crippen LogP contribution in [0.15, 0.2) is 60.1 Å². The molecule has 7 heteroatoms. The zero-order valence-corrected chi connectivity index (χ0v) is 16.1. The van der Waals surface area contributed by atoms with Crippen molar-refractivity contribution in [3.63, 3.8) is 0 Å². The number of carbonyl (C=O) groups is 1. The van der Waals surface area contributed by atoms with E-state index in [0.29, 0.717) is 16.1 Å². The molecule has 0 bridgehead atoms. The highest BCUT2D eigenvalue weighted by molar-refractivity contribution is 7.11. The largest absolute Gasteiger partial charge is 0.497 e. The highest BCUT2D eigenvalue weighted by atomic mass is 32.1. The standard InChI is InChI=1S/C21H17N3O3S/c1-26-18-5-3-4-15(10-18)19-13-28-20(24-19)16(11-22)12-23-17-8-6-14(7-9-17)21(25)27-2/h3-10,12-13,23H,1-2H3. The Bertz CT molecular complexity index is 1050. The average molecular weight is 391 g/mol. The normalized spacial score (nSPS) is 10.8. The highest BCUT2D eigenvalue weighted by Gasteiger charge is 2.10. The SMILES string of the molecule is COC(=O)c1ccc(NC=C(C#N)c2nc(-c3cccc(OC)c3)cs2)cc1. The number of hydrogen-bond donors (Lipinski definition) is 1. The first-order chi connectivity index (χ1) is 13.6. The van der Waals surface area contributed by atoms with Crippen LogP contribution in [0.4, 0.5) is 5.69 Å². The summed E-state index contributed by atoms with van der Waals surface area (Å²) in [7, 11) is 2.95. The van der Waals surface area contributed by atoms with Crippen molar-refractivity contribution in [3.05, 3.63) is 70.7 Å². The molecule has 0 saturated heterocycles. The van der Waals surface area contributed by atoms with Crippen LogP contribution >= 0.6 is 11.3 Å². The van der Waals surface area contributed by atoms with Crippen LogP contribution in [0.1, 0.15) is 15.4 Å². The van der Waals surface area contributed by atoms with Crippen LogP contribution in [0.3, 0.4) is 0 Å². The molecule has 1 N–H and O–H groups in total. The van der Waals surface area contributed by atoms with Crippen molar-refractivity contribution in [2.45, 2.75) is 0 Å². The van der Waals surface area contributed by atoms with E-state index in [1.165, 1.54) is 18.4 Å². The van der Waals surface area contributed by atoms with Crippen molar-refractivity contribution in [1.29, 1.82) is 5.26 Å². The number of nitriles is 1. The van der Waals surface area contributed by atoms with Gasteiger partial charge in [0.25, 0.3) is 0 Å². The van der Waals surface area contributed by atoms with Crippen LogP contribution < -0.4 is 10.1 Å². The smallest absolute Gasteiger partial charge is 0.337 e. The molecular formula is C21H17N3O3S. The Hall–Kier alpha value is -3.63. The number of esters is 1. The van der Waals surface area contributed by atoms with Gasteiger partial charge in [-0.1, -0.05) is 12.1 Å². The molecule has 140 valence electrons. The number of aromatic nitrogens is 1. The van der Waals surface area contributed by atoms with Gasteiger partial charge in [-0.2, -0.15) is 5.26 Å². The van der Waals surface area contributed by atoms with Crippen LogP contribution in [0.2, 0.25) is 0 Å². The molecule has 0 aliphatic rings. The molecule has 3 rings (SSSR count). The van der Waals surface area contributed by atoms with Crippen molar-refractivity contribution in [3.8, 4) is 23.1 Å². The molecule has 0 aliphatic heterocycles. The summed E-state index contributed by atoms with van der Waals surface area (Å²) >= 11 is 1.39. The number of carbonyl (C=O) groups excluding carboxylic acids is 1. The summed E-state index contributed by atoms with van der Waals surface area (Å²) in [5.74, 6) is 0.354. The summed E-state index contributed by atoms with van der Waals surface area (Å²) < 4.78 is 9.92.